The van der Waals surface area contributed by atoms with Crippen molar-refractivity contribution in [3.63, 3.8) is 0 Å². The predicted molar refractivity (Wildman–Crippen MR) is 60.1 cm³/mol. The Morgan fingerprint density at radius 2 is 1.62 bits per heavy atom. The average molecular weight is 186 g/mol. The van der Waals surface area contributed by atoms with Crippen LogP contribution >= 0.6 is 0 Å². The summed E-state index contributed by atoms with van der Waals surface area (Å²) in [7, 11) is 2.01. The number of nitrogens with zero attached hydrogens (tertiary/aromatic N) is 1. The van der Waals surface area contributed by atoms with Crippen LogP contribution in [0.25, 0.3) is 0 Å². The van der Waals surface area contributed by atoms with E-state index < -0.39 is 0 Å². The smallest absolute Gasteiger partial charge is 0.0107 e. The highest BCUT2D eigenvalue weighted by atomic mass is 15.1. The fourth-order valence-corrected chi connectivity index (χ4v) is 1.28. The number of nitrogens with one attached hydrogen (secondary N) is 1. The van der Waals surface area contributed by atoms with Crippen molar-refractivity contribution in [3.8, 4) is 0 Å². The molecule has 0 aliphatic carbocycles. The van der Waals surface area contributed by atoms with Gasteiger partial charge in [-0.1, -0.05) is 20.8 Å². The molecule has 1 heterocycles. The van der Waals surface area contributed by atoms with Crippen LogP contribution < -0.4 is 5.32 Å². The minimum absolute atomic E-state index is 0.833. The molecule has 0 bridgehead atoms. The van der Waals surface area contributed by atoms with E-state index >= 15 is 0 Å². The molecule has 1 saturated heterocycles. The average Bonchev–Trinajstić information content (AvgIpc) is 2.51. The van der Waals surface area contributed by atoms with Gasteiger partial charge in [-0.3, -0.25) is 0 Å². The lowest BCUT2D eigenvalue weighted by atomic mass is 10.3. The predicted octanol–water partition coefficient (Wildman–Crippen LogP) is 1.96. The van der Waals surface area contributed by atoms with Crippen molar-refractivity contribution in [1.29, 1.82) is 0 Å². The first-order valence-corrected chi connectivity index (χ1v) is 5.53. The Morgan fingerprint density at radius 3 is 2.00 bits per heavy atom. The van der Waals surface area contributed by atoms with Crippen LogP contribution in [0.2, 0.25) is 0 Å². The fourth-order valence-electron chi connectivity index (χ4n) is 1.28. The Bertz CT molecular complexity index is 93.5. The third-order valence-corrected chi connectivity index (χ3v) is 1.88. The molecule has 0 saturated carbocycles. The van der Waals surface area contributed by atoms with Gasteiger partial charge in [0.2, 0.25) is 0 Å². The second-order valence-electron chi connectivity index (χ2n) is 4.38. The molecule has 1 aliphatic rings. The molecular weight excluding hydrogens is 160 g/mol. The first-order valence-electron chi connectivity index (χ1n) is 5.53. The van der Waals surface area contributed by atoms with E-state index in [9.17, 15) is 0 Å². The van der Waals surface area contributed by atoms with Gasteiger partial charge in [0, 0.05) is 13.1 Å². The normalized spacial score (nSPS) is 17.3. The maximum Gasteiger partial charge on any atom is 0.0107 e. The zero-order chi connectivity index (χ0) is 10.1. The number of hydrogen-bond acceptors (Lipinski definition) is 2. The molecule has 1 N–H and O–H groups in total. The molecule has 0 unspecified atom stereocenters. The van der Waals surface area contributed by atoms with Crippen molar-refractivity contribution in [2.75, 3.05) is 33.2 Å². The molecule has 0 radical (unpaired) electrons. The number of rotatable bonds is 3. The van der Waals surface area contributed by atoms with Gasteiger partial charge < -0.3 is 10.2 Å². The monoisotopic (exact) mass is 186 g/mol. The molecule has 0 aromatic heterocycles. The summed E-state index contributed by atoms with van der Waals surface area (Å²) in [5.74, 6) is 0.833. The van der Waals surface area contributed by atoms with E-state index in [2.05, 4.69) is 31.0 Å². The van der Waals surface area contributed by atoms with Crippen LogP contribution in [0.15, 0.2) is 0 Å². The van der Waals surface area contributed by atoms with Crippen LogP contribution in [0.1, 0.15) is 33.6 Å². The van der Waals surface area contributed by atoms with Crippen molar-refractivity contribution in [2.24, 2.45) is 5.92 Å². The molecule has 13 heavy (non-hydrogen) atoms. The summed E-state index contributed by atoms with van der Waals surface area (Å²) < 4.78 is 0. The van der Waals surface area contributed by atoms with E-state index in [0.717, 1.165) is 12.5 Å². The maximum atomic E-state index is 3.15. The summed E-state index contributed by atoms with van der Waals surface area (Å²) in [4.78, 5) is 2.51. The fraction of sp³-hybridized carbons (Fsp3) is 1.00. The summed E-state index contributed by atoms with van der Waals surface area (Å²) in [6.45, 7) is 11.5. The minimum atomic E-state index is 0.833. The Morgan fingerprint density at radius 1 is 1.15 bits per heavy atom. The molecule has 0 spiro atoms. The van der Waals surface area contributed by atoms with E-state index in [1.807, 2.05) is 7.05 Å². The Labute approximate surface area is 83.7 Å². The molecule has 0 atom stereocenters. The second-order valence-corrected chi connectivity index (χ2v) is 4.38. The van der Waals surface area contributed by atoms with Gasteiger partial charge in [0.15, 0.2) is 0 Å². The summed E-state index contributed by atoms with van der Waals surface area (Å²) in [6, 6.07) is 0. The lowest BCUT2D eigenvalue weighted by Crippen LogP contribution is -2.27. The molecule has 0 aromatic carbocycles. The number of hydrogen-bond donors (Lipinski definition) is 1. The largest absolute Gasteiger partial charge is 0.318 e. The van der Waals surface area contributed by atoms with Gasteiger partial charge in [-0.2, -0.15) is 0 Å². The van der Waals surface area contributed by atoms with Crippen molar-refractivity contribution in [1.82, 2.24) is 10.2 Å². The van der Waals surface area contributed by atoms with E-state index in [4.69, 9.17) is 0 Å². The molecule has 2 nitrogen and oxygen atoms in total. The lowest BCUT2D eigenvalue weighted by Gasteiger charge is -2.12. The zero-order valence-corrected chi connectivity index (χ0v) is 9.77. The van der Waals surface area contributed by atoms with Crippen LogP contribution in [0, 0.1) is 5.92 Å². The van der Waals surface area contributed by atoms with Gasteiger partial charge >= 0.3 is 0 Å². The van der Waals surface area contributed by atoms with E-state index in [-0.39, 0.29) is 0 Å². The van der Waals surface area contributed by atoms with Crippen molar-refractivity contribution in [3.05, 3.63) is 0 Å². The first kappa shape index (κ1) is 12.9. The third kappa shape index (κ3) is 9.84. The Kier molecular flexibility index (Phi) is 8.46. The third-order valence-electron chi connectivity index (χ3n) is 1.88. The molecule has 0 aromatic rings. The Balaban J connectivity index is 0.000000310. The topological polar surface area (TPSA) is 15.3 Å². The quantitative estimate of drug-likeness (QED) is 0.725. The van der Waals surface area contributed by atoms with Crippen LogP contribution in [0.5, 0.6) is 0 Å². The first-order chi connectivity index (χ1) is 6.16. The summed E-state index contributed by atoms with van der Waals surface area (Å²) in [6.07, 6.45) is 2.81. The summed E-state index contributed by atoms with van der Waals surface area (Å²) >= 11 is 0. The molecule has 1 rings (SSSR count). The van der Waals surface area contributed by atoms with Crippen LogP contribution in [-0.4, -0.2) is 38.1 Å². The van der Waals surface area contributed by atoms with Gasteiger partial charge in [-0.25, -0.2) is 0 Å². The summed E-state index contributed by atoms with van der Waals surface area (Å²) in [5, 5.41) is 3.15. The zero-order valence-electron chi connectivity index (χ0n) is 9.77. The van der Waals surface area contributed by atoms with Crippen LogP contribution in [-0.2, 0) is 0 Å². The van der Waals surface area contributed by atoms with Crippen molar-refractivity contribution < 1.29 is 0 Å². The van der Waals surface area contributed by atoms with E-state index in [1.165, 1.54) is 32.5 Å². The van der Waals surface area contributed by atoms with E-state index in [0.29, 0.717) is 0 Å². The SMILES string of the molecule is CC(C)C.CNCCN1CCCC1. The van der Waals surface area contributed by atoms with Crippen LogP contribution in [0.3, 0.4) is 0 Å². The molecule has 1 aliphatic heterocycles. The van der Waals surface area contributed by atoms with Crippen LogP contribution in [0.4, 0.5) is 0 Å². The van der Waals surface area contributed by atoms with E-state index in [1.54, 1.807) is 0 Å². The molecular formula is C11H26N2. The molecule has 1 fully saturated rings. The highest BCUT2D eigenvalue weighted by Gasteiger charge is 2.09. The molecule has 80 valence electrons. The second kappa shape index (κ2) is 8.52. The Hall–Kier alpha value is -0.0800. The van der Waals surface area contributed by atoms with Crippen molar-refractivity contribution >= 4 is 0 Å². The number of likely N-dealkylation sites (tertiary alicyclic amines) is 1. The lowest BCUT2D eigenvalue weighted by molar-refractivity contribution is 0.340. The van der Waals surface area contributed by atoms with Crippen molar-refractivity contribution in [2.45, 2.75) is 33.6 Å². The number of likely N-dealkylation sites (N-methyl/N-ethyl adjacent to an activating group) is 1. The van der Waals surface area contributed by atoms with Gasteiger partial charge in [0.25, 0.3) is 0 Å². The van der Waals surface area contributed by atoms with Gasteiger partial charge in [-0.05, 0) is 38.9 Å². The highest BCUT2D eigenvalue weighted by molar-refractivity contribution is 4.65. The summed E-state index contributed by atoms with van der Waals surface area (Å²) in [5.41, 5.74) is 0. The molecule has 2 heteroatoms. The van der Waals surface area contributed by atoms with Gasteiger partial charge in [0.1, 0.15) is 0 Å². The molecule has 0 amide bonds. The standard InChI is InChI=1S/C7H16N2.C4H10/c1-8-4-7-9-5-2-3-6-9;1-4(2)3/h8H,2-7H2,1H3;4H,1-3H3. The highest BCUT2D eigenvalue weighted by Crippen LogP contribution is 2.05. The maximum absolute atomic E-state index is 3.15. The van der Waals surface area contributed by atoms with Gasteiger partial charge in [0.05, 0.1) is 0 Å². The van der Waals surface area contributed by atoms with Gasteiger partial charge in [-0.15, -0.1) is 0 Å². The minimum Gasteiger partial charge on any atom is -0.318 e.